The molecule has 2 N–H and O–H groups in total. The second kappa shape index (κ2) is 5.77. The van der Waals surface area contributed by atoms with Gasteiger partial charge >= 0.3 is 12.0 Å². The zero-order chi connectivity index (χ0) is 14.0. The summed E-state index contributed by atoms with van der Waals surface area (Å²) in [6.45, 7) is 3.66. The number of hydrogen-bond acceptors (Lipinski definition) is 3. The number of carbonyl (C=O) groups is 2. The van der Waals surface area contributed by atoms with Crippen molar-refractivity contribution in [2.75, 3.05) is 19.6 Å². The number of piperidine rings is 1. The SMILES string of the molecule is CCC1CCN(C(=O)N2C[C@@H](O)C[C@H]2C(=O)O)CC1. The zero-order valence-corrected chi connectivity index (χ0v) is 11.3. The summed E-state index contributed by atoms with van der Waals surface area (Å²) in [6, 6.07) is -1.12. The molecular weight excluding hydrogens is 248 g/mol. The Balaban J connectivity index is 1.97. The van der Waals surface area contributed by atoms with E-state index in [1.165, 1.54) is 4.90 Å². The van der Waals surface area contributed by atoms with Gasteiger partial charge in [-0.2, -0.15) is 0 Å². The number of likely N-dealkylation sites (tertiary alicyclic amines) is 2. The molecule has 2 saturated heterocycles. The Morgan fingerprint density at radius 1 is 1.26 bits per heavy atom. The van der Waals surface area contributed by atoms with Crippen molar-refractivity contribution in [2.45, 2.75) is 44.8 Å². The van der Waals surface area contributed by atoms with Crippen LogP contribution in [0.1, 0.15) is 32.6 Å². The van der Waals surface area contributed by atoms with Crippen LogP contribution >= 0.6 is 0 Å². The van der Waals surface area contributed by atoms with Gasteiger partial charge in [0.25, 0.3) is 0 Å². The lowest BCUT2D eigenvalue weighted by atomic mass is 9.95. The molecule has 2 rings (SSSR count). The molecule has 108 valence electrons. The summed E-state index contributed by atoms with van der Waals surface area (Å²) < 4.78 is 0. The van der Waals surface area contributed by atoms with Crippen molar-refractivity contribution in [1.29, 1.82) is 0 Å². The number of aliphatic carboxylic acids is 1. The summed E-state index contributed by atoms with van der Waals surface area (Å²) in [5, 5.41) is 18.7. The van der Waals surface area contributed by atoms with Crippen LogP contribution < -0.4 is 0 Å². The molecule has 2 heterocycles. The van der Waals surface area contributed by atoms with E-state index < -0.39 is 18.1 Å². The Morgan fingerprint density at radius 3 is 2.42 bits per heavy atom. The van der Waals surface area contributed by atoms with Gasteiger partial charge in [-0.1, -0.05) is 13.3 Å². The predicted octanol–water partition coefficient (Wildman–Crippen LogP) is 0.748. The summed E-state index contributed by atoms with van der Waals surface area (Å²) in [6.07, 6.45) is 2.50. The van der Waals surface area contributed by atoms with Crippen LogP contribution in [0.3, 0.4) is 0 Å². The summed E-state index contributed by atoms with van der Waals surface area (Å²) in [7, 11) is 0. The number of aliphatic hydroxyl groups is 1. The Bertz CT molecular complexity index is 353. The normalized spacial score (nSPS) is 28.7. The van der Waals surface area contributed by atoms with Crippen molar-refractivity contribution < 1.29 is 19.8 Å². The Hall–Kier alpha value is -1.30. The van der Waals surface area contributed by atoms with Crippen LogP contribution in [-0.4, -0.2) is 63.8 Å². The van der Waals surface area contributed by atoms with Gasteiger partial charge in [0, 0.05) is 26.1 Å². The van der Waals surface area contributed by atoms with E-state index in [4.69, 9.17) is 5.11 Å². The third-order valence-corrected chi connectivity index (χ3v) is 4.27. The van der Waals surface area contributed by atoms with Gasteiger partial charge in [0.2, 0.25) is 0 Å². The van der Waals surface area contributed by atoms with E-state index in [1.807, 2.05) is 0 Å². The highest BCUT2D eigenvalue weighted by molar-refractivity contribution is 5.83. The van der Waals surface area contributed by atoms with E-state index in [0.29, 0.717) is 19.0 Å². The van der Waals surface area contributed by atoms with Crippen LogP contribution in [0.2, 0.25) is 0 Å². The van der Waals surface area contributed by atoms with Crippen molar-refractivity contribution in [3.05, 3.63) is 0 Å². The van der Waals surface area contributed by atoms with Gasteiger partial charge in [0.15, 0.2) is 0 Å². The summed E-state index contributed by atoms with van der Waals surface area (Å²) in [5.74, 6) is -0.364. The number of hydrogen-bond donors (Lipinski definition) is 2. The van der Waals surface area contributed by atoms with Gasteiger partial charge in [0.1, 0.15) is 6.04 Å². The van der Waals surface area contributed by atoms with E-state index in [9.17, 15) is 14.7 Å². The molecule has 0 saturated carbocycles. The molecule has 19 heavy (non-hydrogen) atoms. The van der Waals surface area contributed by atoms with Gasteiger partial charge < -0.3 is 20.0 Å². The molecule has 2 aliphatic heterocycles. The highest BCUT2D eigenvalue weighted by atomic mass is 16.4. The van der Waals surface area contributed by atoms with Gasteiger partial charge in [-0.25, -0.2) is 9.59 Å². The molecule has 0 aromatic carbocycles. The quantitative estimate of drug-likeness (QED) is 0.776. The molecule has 0 bridgehead atoms. The Morgan fingerprint density at radius 2 is 1.89 bits per heavy atom. The van der Waals surface area contributed by atoms with Crippen molar-refractivity contribution in [1.82, 2.24) is 9.80 Å². The van der Waals surface area contributed by atoms with Gasteiger partial charge in [0.05, 0.1) is 6.10 Å². The number of nitrogens with zero attached hydrogens (tertiary/aromatic N) is 2. The maximum absolute atomic E-state index is 12.3. The smallest absolute Gasteiger partial charge is 0.326 e. The lowest BCUT2D eigenvalue weighted by Crippen LogP contribution is -2.50. The second-order valence-electron chi connectivity index (χ2n) is 5.52. The minimum Gasteiger partial charge on any atom is -0.480 e. The Kier molecular flexibility index (Phi) is 4.29. The van der Waals surface area contributed by atoms with E-state index in [-0.39, 0.29) is 19.0 Å². The number of amides is 2. The van der Waals surface area contributed by atoms with E-state index >= 15 is 0 Å². The minimum atomic E-state index is -1.03. The van der Waals surface area contributed by atoms with E-state index in [2.05, 4.69) is 6.92 Å². The number of β-amino-alcohol motifs (C(OH)–C–C–N with tert-alkyl or cyclic N) is 1. The molecule has 0 unspecified atom stereocenters. The largest absolute Gasteiger partial charge is 0.480 e. The van der Waals surface area contributed by atoms with Crippen molar-refractivity contribution in [3.8, 4) is 0 Å². The first kappa shape index (κ1) is 14.1. The maximum Gasteiger partial charge on any atom is 0.326 e. The lowest BCUT2D eigenvalue weighted by molar-refractivity contribution is -0.141. The monoisotopic (exact) mass is 270 g/mol. The zero-order valence-electron chi connectivity index (χ0n) is 11.3. The van der Waals surface area contributed by atoms with Crippen molar-refractivity contribution >= 4 is 12.0 Å². The van der Waals surface area contributed by atoms with E-state index in [1.54, 1.807) is 4.90 Å². The fourth-order valence-electron chi connectivity index (χ4n) is 2.97. The van der Waals surface area contributed by atoms with Crippen LogP contribution in [0, 0.1) is 5.92 Å². The minimum absolute atomic E-state index is 0.128. The topological polar surface area (TPSA) is 81.1 Å². The first-order chi connectivity index (χ1) is 9.02. The third-order valence-electron chi connectivity index (χ3n) is 4.27. The van der Waals surface area contributed by atoms with Crippen LogP contribution in [0.15, 0.2) is 0 Å². The average Bonchev–Trinajstić information content (AvgIpc) is 2.80. The maximum atomic E-state index is 12.3. The van der Waals surface area contributed by atoms with Gasteiger partial charge in [-0.3, -0.25) is 0 Å². The average molecular weight is 270 g/mol. The molecular formula is C13H22N2O4. The van der Waals surface area contributed by atoms with Crippen molar-refractivity contribution in [3.63, 3.8) is 0 Å². The lowest BCUT2D eigenvalue weighted by Gasteiger charge is -2.35. The highest BCUT2D eigenvalue weighted by Gasteiger charge is 2.41. The van der Waals surface area contributed by atoms with Crippen LogP contribution in [0.25, 0.3) is 0 Å². The predicted molar refractivity (Wildman–Crippen MR) is 68.7 cm³/mol. The van der Waals surface area contributed by atoms with Gasteiger partial charge in [-0.05, 0) is 18.8 Å². The summed E-state index contributed by atoms with van der Waals surface area (Å²) in [4.78, 5) is 26.5. The summed E-state index contributed by atoms with van der Waals surface area (Å²) >= 11 is 0. The number of rotatable bonds is 2. The molecule has 0 radical (unpaired) electrons. The van der Waals surface area contributed by atoms with E-state index in [0.717, 1.165) is 19.3 Å². The van der Waals surface area contributed by atoms with Crippen LogP contribution in [0.4, 0.5) is 4.79 Å². The molecule has 2 atom stereocenters. The molecule has 6 nitrogen and oxygen atoms in total. The summed E-state index contributed by atoms with van der Waals surface area (Å²) in [5.41, 5.74) is 0. The molecule has 6 heteroatoms. The molecule has 0 aromatic heterocycles. The molecule has 2 aliphatic rings. The fourth-order valence-corrected chi connectivity index (χ4v) is 2.97. The number of carbonyl (C=O) groups excluding carboxylic acids is 1. The molecule has 2 amide bonds. The van der Waals surface area contributed by atoms with Crippen LogP contribution in [0.5, 0.6) is 0 Å². The molecule has 0 spiro atoms. The molecule has 0 aromatic rings. The highest BCUT2D eigenvalue weighted by Crippen LogP contribution is 2.24. The Labute approximate surface area is 113 Å². The standard InChI is InChI=1S/C13H22N2O4/c1-2-9-3-5-14(6-4-9)13(19)15-8-10(16)7-11(15)12(17)18/h9-11,16H,2-8H2,1H3,(H,17,18)/t10-,11-/m0/s1. The fraction of sp³-hybridized carbons (Fsp3) is 0.846. The first-order valence-electron chi connectivity index (χ1n) is 6.99. The third kappa shape index (κ3) is 3.00. The number of urea groups is 1. The van der Waals surface area contributed by atoms with Crippen LogP contribution in [-0.2, 0) is 4.79 Å². The number of carboxylic acids is 1. The second-order valence-corrected chi connectivity index (χ2v) is 5.52. The number of aliphatic hydroxyl groups excluding tert-OH is 1. The molecule has 0 aliphatic carbocycles. The first-order valence-corrected chi connectivity index (χ1v) is 6.99. The number of carboxylic acid groups (broad SMARTS) is 1. The van der Waals surface area contributed by atoms with Crippen molar-refractivity contribution in [2.24, 2.45) is 5.92 Å². The molecule has 2 fully saturated rings. The van der Waals surface area contributed by atoms with Gasteiger partial charge in [-0.15, -0.1) is 0 Å².